The number of nitrogens with zero attached hydrogens (tertiary/aromatic N) is 4. The minimum Gasteiger partial charge on any atom is -0.361 e. The highest BCUT2D eigenvalue weighted by Crippen LogP contribution is 2.10. The normalized spacial score (nSPS) is 10.4. The summed E-state index contributed by atoms with van der Waals surface area (Å²) in [6.07, 6.45) is 1.83. The lowest BCUT2D eigenvalue weighted by Crippen LogP contribution is -1.99. The molecule has 0 bridgehead atoms. The van der Waals surface area contributed by atoms with Crippen LogP contribution in [0.1, 0.15) is 10.7 Å². The van der Waals surface area contributed by atoms with Gasteiger partial charge in [0, 0.05) is 18.1 Å². The summed E-state index contributed by atoms with van der Waals surface area (Å²) >= 11 is 1.65. The van der Waals surface area contributed by atoms with Crippen molar-refractivity contribution < 1.29 is 0 Å². The van der Waals surface area contributed by atoms with Gasteiger partial charge in [0.15, 0.2) is 5.82 Å². The van der Waals surface area contributed by atoms with Gasteiger partial charge < -0.3 is 5.32 Å². The molecule has 0 amide bonds. The van der Waals surface area contributed by atoms with E-state index in [4.69, 9.17) is 0 Å². The van der Waals surface area contributed by atoms with Gasteiger partial charge in [-0.25, -0.2) is 4.98 Å². The van der Waals surface area contributed by atoms with Crippen LogP contribution in [0, 0.1) is 6.92 Å². The molecule has 0 aliphatic heterocycles. The Morgan fingerprint density at radius 3 is 3.00 bits per heavy atom. The molecule has 2 aromatic rings. The molecule has 1 N–H and O–H groups in total. The van der Waals surface area contributed by atoms with Gasteiger partial charge in [0.05, 0.1) is 12.7 Å². The molecule has 0 aliphatic carbocycles. The van der Waals surface area contributed by atoms with Crippen molar-refractivity contribution in [3.63, 3.8) is 0 Å². The monoisotopic (exact) mass is 209 g/mol. The van der Waals surface area contributed by atoms with Crippen molar-refractivity contribution in [3.05, 3.63) is 22.3 Å². The van der Waals surface area contributed by atoms with Gasteiger partial charge in [0.1, 0.15) is 5.01 Å². The van der Waals surface area contributed by atoms with Crippen LogP contribution in [0.5, 0.6) is 0 Å². The maximum absolute atomic E-state index is 4.33. The third kappa shape index (κ3) is 2.08. The van der Waals surface area contributed by atoms with Gasteiger partial charge >= 0.3 is 0 Å². The van der Waals surface area contributed by atoms with E-state index in [0.717, 1.165) is 16.5 Å². The van der Waals surface area contributed by atoms with Crippen LogP contribution < -0.4 is 5.32 Å². The van der Waals surface area contributed by atoms with Gasteiger partial charge in [0.25, 0.3) is 0 Å². The third-order valence-corrected chi connectivity index (χ3v) is 2.66. The van der Waals surface area contributed by atoms with E-state index in [1.54, 1.807) is 16.0 Å². The second kappa shape index (κ2) is 3.75. The zero-order valence-electron chi connectivity index (χ0n) is 8.06. The van der Waals surface area contributed by atoms with Gasteiger partial charge in [-0.15, -0.1) is 16.4 Å². The molecule has 74 valence electrons. The molecule has 2 aromatic heterocycles. The highest BCUT2D eigenvalue weighted by molar-refractivity contribution is 7.09. The minimum atomic E-state index is 0.706. The van der Waals surface area contributed by atoms with Crippen molar-refractivity contribution in [3.8, 4) is 0 Å². The first kappa shape index (κ1) is 9.14. The molecule has 0 saturated heterocycles. The van der Waals surface area contributed by atoms with Crippen LogP contribution in [-0.2, 0) is 13.6 Å². The number of thiazole rings is 1. The molecule has 5 nitrogen and oxygen atoms in total. The summed E-state index contributed by atoms with van der Waals surface area (Å²) in [6.45, 7) is 2.69. The Balaban J connectivity index is 1.94. The topological polar surface area (TPSA) is 55.6 Å². The van der Waals surface area contributed by atoms with Crippen molar-refractivity contribution in [2.75, 3.05) is 5.32 Å². The van der Waals surface area contributed by atoms with Crippen molar-refractivity contribution in [1.29, 1.82) is 0 Å². The third-order valence-electron chi connectivity index (χ3n) is 1.69. The summed E-state index contributed by atoms with van der Waals surface area (Å²) in [5.74, 6) is 0.778. The maximum Gasteiger partial charge on any atom is 0.168 e. The van der Waals surface area contributed by atoms with Crippen LogP contribution in [0.4, 0.5) is 5.82 Å². The Bertz CT molecular complexity index is 379. The molecule has 0 atom stereocenters. The van der Waals surface area contributed by atoms with Crippen molar-refractivity contribution in [2.24, 2.45) is 7.05 Å². The SMILES string of the molecule is Cc1csc(CNc2cn(C)nn2)n1. The second-order valence-electron chi connectivity index (χ2n) is 3.01. The predicted octanol–water partition coefficient (Wildman–Crippen LogP) is 1.19. The first-order chi connectivity index (χ1) is 6.74. The average Bonchev–Trinajstić information content (AvgIpc) is 2.72. The number of anilines is 1. The van der Waals surface area contributed by atoms with Gasteiger partial charge in [-0.2, -0.15) is 0 Å². The van der Waals surface area contributed by atoms with Crippen LogP contribution in [0.15, 0.2) is 11.6 Å². The van der Waals surface area contributed by atoms with Crippen LogP contribution >= 0.6 is 11.3 Å². The summed E-state index contributed by atoms with van der Waals surface area (Å²) in [4.78, 5) is 4.33. The lowest BCUT2D eigenvalue weighted by molar-refractivity contribution is 0.715. The summed E-state index contributed by atoms with van der Waals surface area (Å²) in [7, 11) is 1.84. The highest BCUT2D eigenvalue weighted by atomic mass is 32.1. The number of aryl methyl sites for hydroxylation is 2. The number of hydrogen-bond acceptors (Lipinski definition) is 5. The quantitative estimate of drug-likeness (QED) is 0.825. The van der Waals surface area contributed by atoms with Crippen LogP contribution in [0.25, 0.3) is 0 Å². The molecular weight excluding hydrogens is 198 g/mol. The van der Waals surface area contributed by atoms with Gasteiger partial charge in [-0.1, -0.05) is 5.21 Å². The molecule has 0 unspecified atom stereocenters. The fourth-order valence-electron chi connectivity index (χ4n) is 1.08. The fraction of sp³-hybridized carbons (Fsp3) is 0.375. The van der Waals surface area contributed by atoms with Crippen LogP contribution in [0.3, 0.4) is 0 Å². The molecule has 14 heavy (non-hydrogen) atoms. The molecule has 6 heteroatoms. The van der Waals surface area contributed by atoms with E-state index in [-0.39, 0.29) is 0 Å². The standard InChI is InChI=1S/C8H11N5S/c1-6-5-14-8(10-6)3-9-7-4-13(2)12-11-7/h4-5,9H,3H2,1-2H3. The molecular formula is C8H11N5S. The molecule has 2 heterocycles. The number of rotatable bonds is 3. The molecule has 0 spiro atoms. The lowest BCUT2D eigenvalue weighted by Gasteiger charge is -1.96. The number of aromatic nitrogens is 4. The minimum absolute atomic E-state index is 0.706. The summed E-state index contributed by atoms with van der Waals surface area (Å²) in [6, 6.07) is 0. The summed E-state index contributed by atoms with van der Waals surface area (Å²) in [5.41, 5.74) is 1.06. The van der Waals surface area contributed by atoms with E-state index >= 15 is 0 Å². The van der Waals surface area contributed by atoms with Crippen LogP contribution in [-0.4, -0.2) is 20.0 Å². The highest BCUT2D eigenvalue weighted by Gasteiger charge is 2.00. The van der Waals surface area contributed by atoms with E-state index in [1.165, 1.54) is 0 Å². The van der Waals surface area contributed by atoms with E-state index < -0.39 is 0 Å². The smallest absolute Gasteiger partial charge is 0.168 e. The van der Waals surface area contributed by atoms with Gasteiger partial charge in [-0.3, -0.25) is 4.68 Å². The molecule has 2 rings (SSSR count). The van der Waals surface area contributed by atoms with Gasteiger partial charge in [0.2, 0.25) is 0 Å². The maximum atomic E-state index is 4.33. The average molecular weight is 209 g/mol. The van der Waals surface area contributed by atoms with Gasteiger partial charge in [-0.05, 0) is 6.92 Å². The van der Waals surface area contributed by atoms with Crippen molar-refractivity contribution in [1.82, 2.24) is 20.0 Å². The molecule has 0 saturated carbocycles. The largest absolute Gasteiger partial charge is 0.361 e. The number of nitrogens with one attached hydrogen (secondary N) is 1. The molecule has 0 aliphatic rings. The first-order valence-electron chi connectivity index (χ1n) is 4.25. The zero-order chi connectivity index (χ0) is 9.97. The van der Waals surface area contributed by atoms with Crippen molar-refractivity contribution in [2.45, 2.75) is 13.5 Å². The van der Waals surface area contributed by atoms with E-state index in [2.05, 4.69) is 20.6 Å². The lowest BCUT2D eigenvalue weighted by atomic mass is 10.5. The van der Waals surface area contributed by atoms with E-state index in [0.29, 0.717) is 6.54 Å². The Kier molecular flexibility index (Phi) is 2.45. The Hall–Kier alpha value is -1.43. The Labute approximate surface area is 85.8 Å². The fourth-order valence-corrected chi connectivity index (χ4v) is 1.79. The Morgan fingerprint density at radius 2 is 2.43 bits per heavy atom. The van der Waals surface area contributed by atoms with E-state index in [9.17, 15) is 0 Å². The molecule has 0 aromatic carbocycles. The zero-order valence-corrected chi connectivity index (χ0v) is 8.88. The molecule has 0 fully saturated rings. The number of hydrogen-bond donors (Lipinski definition) is 1. The first-order valence-corrected chi connectivity index (χ1v) is 5.13. The summed E-state index contributed by atoms with van der Waals surface area (Å²) < 4.78 is 1.66. The molecule has 0 radical (unpaired) electrons. The van der Waals surface area contributed by atoms with Crippen molar-refractivity contribution >= 4 is 17.2 Å². The van der Waals surface area contributed by atoms with E-state index in [1.807, 2.05) is 25.5 Å². The Morgan fingerprint density at radius 1 is 1.57 bits per heavy atom. The second-order valence-corrected chi connectivity index (χ2v) is 3.96. The van der Waals surface area contributed by atoms with Crippen LogP contribution in [0.2, 0.25) is 0 Å². The predicted molar refractivity (Wildman–Crippen MR) is 55.2 cm³/mol. The summed E-state index contributed by atoms with van der Waals surface area (Å²) in [5, 5.41) is 14.0.